The van der Waals surface area contributed by atoms with Gasteiger partial charge in [-0.1, -0.05) is 26.0 Å². The molecule has 0 fully saturated rings. The van der Waals surface area contributed by atoms with Gasteiger partial charge in [-0.25, -0.2) is 0 Å². The van der Waals surface area contributed by atoms with Crippen LogP contribution in [0.15, 0.2) is 18.2 Å². The van der Waals surface area contributed by atoms with Crippen LogP contribution in [0.1, 0.15) is 37.4 Å². The van der Waals surface area contributed by atoms with E-state index in [1.807, 2.05) is 12.1 Å². The molecule has 1 unspecified atom stereocenters. The van der Waals surface area contributed by atoms with Gasteiger partial charge >= 0.3 is 0 Å². The summed E-state index contributed by atoms with van der Waals surface area (Å²) in [6, 6.07) is 6.45. The summed E-state index contributed by atoms with van der Waals surface area (Å²) in [7, 11) is 4.25. The molecule has 3 heteroatoms. The zero-order valence-electron chi connectivity index (χ0n) is 13.3. The first kappa shape index (κ1) is 15.3. The zero-order chi connectivity index (χ0) is 14.7. The maximum atomic E-state index is 10.0. The molecule has 1 aliphatic rings. The number of likely N-dealkylation sites (N-methyl/N-ethyl adjacent to an activating group) is 1. The van der Waals surface area contributed by atoms with Crippen LogP contribution in [0.4, 0.5) is 0 Å². The van der Waals surface area contributed by atoms with Crippen LogP contribution in [0, 0.1) is 5.92 Å². The highest BCUT2D eigenvalue weighted by Crippen LogP contribution is 2.39. The second-order valence-corrected chi connectivity index (χ2v) is 6.59. The van der Waals surface area contributed by atoms with E-state index in [0.717, 1.165) is 38.0 Å². The number of hydrogen-bond donors (Lipinski definition) is 1. The molecule has 0 radical (unpaired) electrons. The normalized spacial score (nSPS) is 18.2. The first-order chi connectivity index (χ1) is 9.49. The Morgan fingerprint density at radius 3 is 2.65 bits per heavy atom. The number of fused-ring (bicyclic) bond motifs is 1. The first-order valence-corrected chi connectivity index (χ1v) is 7.68. The van der Waals surface area contributed by atoms with Crippen molar-refractivity contribution in [1.82, 2.24) is 9.80 Å². The van der Waals surface area contributed by atoms with Gasteiger partial charge in [0.15, 0.2) is 0 Å². The van der Waals surface area contributed by atoms with Crippen LogP contribution < -0.4 is 0 Å². The summed E-state index contributed by atoms with van der Waals surface area (Å²) >= 11 is 0. The zero-order valence-corrected chi connectivity index (χ0v) is 13.3. The molecule has 3 nitrogen and oxygen atoms in total. The van der Waals surface area contributed by atoms with E-state index in [2.05, 4.69) is 43.8 Å². The van der Waals surface area contributed by atoms with E-state index in [1.54, 1.807) is 0 Å². The molecule has 0 spiro atoms. The van der Waals surface area contributed by atoms with Crippen LogP contribution in [0.3, 0.4) is 0 Å². The molecule has 0 amide bonds. The van der Waals surface area contributed by atoms with E-state index in [4.69, 9.17) is 0 Å². The van der Waals surface area contributed by atoms with E-state index in [-0.39, 0.29) is 0 Å². The van der Waals surface area contributed by atoms with Crippen molar-refractivity contribution >= 4 is 0 Å². The Bertz CT molecular complexity index is 443. The largest absolute Gasteiger partial charge is 0.508 e. The van der Waals surface area contributed by atoms with Crippen LogP contribution in [0.5, 0.6) is 5.75 Å². The van der Waals surface area contributed by atoms with E-state index in [9.17, 15) is 5.11 Å². The van der Waals surface area contributed by atoms with Crippen LogP contribution in [0.2, 0.25) is 0 Å². The van der Waals surface area contributed by atoms with Gasteiger partial charge in [0.05, 0.1) is 0 Å². The van der Waals surface area contributed by atoms with Crippen molar-refractivity contribution in [2.45, 2.75) is 32.7 Å². The van der Waals surface area contributed by atoms with Gasteiger partial charge in [-0.2, -0.15) is 0 Å². The lowest BCUT2D eigenvalue weighted by atomic mass is 10.0. The molecule has 1 aromatic carbocycles. The van der Waals surface area contributed by atoms with Crippen LogP contribution in [0.25, 0.3) is 0 Å². The summed E-state index contributed by atoms with van der Waals surface area (Å²) in [5.74, 6) is 1.14. The third kappa shape index (κ3) is 3.53. The van der Waals surface area contributed by atoms with Crippen molar-refractivity contribution in [1.29, 1.82) is 0 Å². The van der Waals surface area contributed by atoms with Crippen molar-refractivity contribution in [2.75, 3.05) is 33.7 Å². The number of benzene rings is 1. The third-order valence-corrected chi connectivity index (χ3v) is 4.09. The summed E-state index contributed by atoms with van der Waals surface area (Å²) in [6.07, 6.45) is 2.14. The summed E-state index contributed by atoms with van der Waals surface area (Å²) in [4.78, 5) is 4.83. The lowest BCUT2D eigenvalue weighted by Crippen LogP contribution is -2.36. The standard InChI is InChI=1S/C17H28N2O/c1-13(2)12-19(11-10-18(3)4)16-9-8-15-14(16)6-5-7-17(15)20/h5-7,13,16,20H,8-12H2,1-4H3. The quantitative estimate of drug-likeness (QED) is 0.865. The summed E-state index contributed by atoms with van der Waals surface area (Å²) in [6.45, 7) is 7.85. The van der Waals surface area contributed by atoms with Gasteiger partial charge in [-0.3, -0.25) is 4.90 Å². The molecule has 20 heavy (non-hydrogen) atoms. The van der Waals surface area contributed by atoms with E-state index < -0.39 is 0 Å². The molecule has 0 saturated heterocycles. The monoisotopic (exact) mass is 276 g/mol. The molecule has 0 aliphatic heterocycles. The minimum Gasteiger partial charge on any atom is -0.508 e. The lowest BCUT2D eigenvalue weighted by molar-refractivity contribution is 0.160. The molecule has 1 aromatic rings. The van der Waals surface area contributed by atoms with Gasteiger partial charge in [-0.05, 0) is 50.0 Å². The second kappa shape index (κ2) is 6.59. The molecular weight excluding hydrogens is 248 g/mol. The summed E-state index contributed by atoms with van der Waals surface area (Å²) in [5.41, 5.74) is 2.50. The third-order valence-electron chi connectivity index (χ3n) is 4.09. The SMILES string of the molecule is CC(C)CN(CCN(C)C)C1CCc2c(O)cccc21. The van der Waals surface area contributed by atoms with Crippen molar-refractivity contribution in [2.24, 2.45) is 5.92 Å². The average Bonchev–Trinajstić information content (AvgIpc) is 2.79. The Labute approximate surface area is 123 Å². The fraction of sp³-hybridized carbons (Fsp3) is 0.647. The van der Waals surface area contributed by atoms with Gasteiger partial charge in [0.1, 0.15) is 5.75 Å². The molecule has 1 atom stereocenters. The Kier molecular flexibility index (Phi) is 5.06. The lowest BCUT2D eigenvalue weighted by Gasteiger charge is -2.32. The van der Waals surface area contributed by atoms with Gasteiger partial charge in [0, 0.05) is 25.7 Å². The molecular formula is C17H28N2O. The predicted molar refractivity (Wildman–Crippen MR) is 84.1 cm³/mol. The molecule has 112 valence electrons. The van der Waals surface area contributed by atoms with E-state index in [1.165, 1.54) is 5.56 Å². The number of hydrogen-bond acceptors (Lipinski definition) is 3. The van der Waals surface area contributed by atoms with Crippen molar-refractivity contribution in [3.63, 3.8) is 0 Å². The topological polar surface area (TPSA) is 26.7 Å². The molecule has 1 aliphatic carbocycles. The Hall–Kier alpha value is -1.06. The maximum absolute atomic E-state index is 10.0. The fourth-order valence-corrected chi connectivity index (χ4v) is 3.16. The molecule has 0 aromatic heterocycles. The van der Waals surface area contributed by atoms with Crippen LogP contribution >= 0.6 is 0 Å². The minimum absolute atomic E-state index is 0.472. The highest BCUT2D eigenvalue weighted by atomic mass is 16.3. The number of phenolic OH excluding ortho intramolecular Hbond substituents is 1. The van der Waals surface area contributed by atoms with E-state index >= 15 is 0 Å². The number of nitrogens with zero attached hydrogens (tertiary/aromatic N) is 2. The average molecular weight is 276 g/mol. The minimum atomic E-state index is 0.472. The van der Waals surface area contributed by atoms with Crippen molar-refractivity contribution < 1.29 is 5.11 Å². The second-order valence-electron chi connectivity index (χ2n) is 6.59. The van der Waals surface area contributed by atoms with Crippen molar-refractivity contribution in [3.05, 3.63) is 29.3 Å². The predicted octanol–water partition coefficient (Wildman–Crippen LogP) is 2.90. The van der Waals surface area contributed by atoms with Crippen LogP contribution in [-0.2, 0) is 6.42 Å². The Morgan fingerprint density at radius 1 is 1.25 bits per heavy atom. The molecule has 2 rings (SSSR count). The summed E-state index contributed by atoms with van der Waals surface area (Å²) in [5, 5.41) is 10.0. The van der Waals surface area contributed by atoms with Gasteiger partial charge in [0.25, 0.3) is 0 Å². The van der Waals surface area contributed by atoms with Crippen LogP contribution in [-0.4, -0.2) is 48.6 Å². The van der Waals surface area contributed by atoms with E-state index in [0.29, 0.717) is 17.7 Å². The first-order valence-electron chi connectivity index (χ1n) is 7.68. The molecule has 0 bridgehead atoms. The molecule has 0 saturated carbocycles. The number of rotatable bonds is 6. The van der Waals surface area contributed by atoms with Gasteiger partial charge in [0.2, 0.25) is 0 Å². The van der Waals surface area contributed by atoms with Gasteiger partial charge < -0.3 is 10.0 Å². The smallest absolute Gasteiger partial charge is 0.119 e. The maximum Gasteiger partial charge on any atom is 0.119 e. The van der Waals surface area contributed by atoms with Crippen molar-refractivity contribution in [3.8, 4) is 5.75 Å². The fourth-order valence-electron chi connectivity index (χ4n) is 3.16. The number of phenols is 1. The highest BCUT2D eigenvalue weighted by molar-refractivity contribution is 5.44. The molecule has 1 N–H and O–H groups in total. The Balaban J connectivity index is 2.16. The molecule has 0 heterocycles. The summed E-state index contributed by atoms with van der Waals surface area (Å²) < 4.78 is 0. The Morgan fingerprint density at radius 2 is 2.00 bits per heavy atom. The highest BCUT2D eigenvalue weighted by Gasteiger charge is 2.29. The van der Waals surface area contributed by atoms with Gasteiger partial charge in [-0.15, -0.1) is 0 Å². The number of aromatic hydroxyl groups is 1.